The van der Waals surface area contributed by atoms with Crippen LogP contribution in [0.2, 0.25) is 0 Å². The minimum absolute atomic E-state index is 0.0278. The molecule has 1 saturated carbocycles. The normalized spacial score (nSPS) is 17.0. The van der Waals surface area contributed by atoms with Crippen LogP contribution in [0.25, 0.3) is 0 Å². The molecule has 0 unspecified atom stereocenters. The maximum atomic E-state index is 11.1. The molecule has 112 valence electrons. The number of rotatable bonds is 1. The van der Waals surface area contributed by atoms with Gasteiger partial charge < -0.3 is 5.73 Å². The van der Waals surface area contributed by atoms with Crippen LogP contribution in [0.15, 0.2) is 36.4 Å². The van der Waals surface area contributed by atoms with Gasteiger partial charge in [-0.25, -0.2) is 0 Å². The SMILES string of the molecule is C=C1C(=O)CC(C)(C)CC1=O.Nc1cccc([N+](=O)[O-])c1. The number of hydrogen-bond acceptors (Lipinski definition) is 5. The maximum absolute atomic E-state index is 11.1. The van der Waals surface area contributed by atoms with Gasteiger partial charge in [0.1, 0.15) is 0 Å². The van der Waals surface area contributed by atoms with Gasteiger partial charge >= 0.3 is 0 Å². The van der Waals surface area contributed by atoms with Gasteiger partial charge in [-0.15, -0.1) is 0 Å². The maximum Gasteiger partial charge on any atom is 0.271 e. The molecule has 0 atom stereocenters. The van der Waals surface area contributed by atoms with Crippen molar-refractivity contribution in [3.8, 4) is 0 Å². The minimum atomic E-state index is -0.476. The van der Waals surface area contributed by atoms with Gasteiger partial charge in [-0.1, -0.05) is 26.5 Å². The predicted octanol–water partition coefficient (Wildman–Crippen LogP) is 2.68. The minimum Gasteiger partial charge on any atom is -0.399 e. The third-order valence-corrected chi connectivity index (χ3v) is 3.03. The number of nitro benzene ring substituents is 1. The molecule has 6 nitrogen and oxygen atoms in total. The summed E-state index contributed by atoms with van der Waals surface area (Å²) in [5, 5.41) is 10.1. The fourth-order valence-corrected chi connectivity index (χ4v) is 1.94. The lowest BCUT2D eigenvalue weighted by atomic mass is 9.74. The van der Waals surface area contributed by atoms with Crippen LogP contribution in [0, 0.1) is 15.5 Å². The molecule has 0 saturated heterocycles. The second kappa shape index (κ2) is 6.30. The van der Waals surface area contributed by atoms with E-state index in [2.05, 4.69) is 6.58 Å². The van der Waals surface area contributed by atoms with Crippen LogP contribution in [0.3, 0.4) is 0 Å². The standard InChI is InChI=1S/C9H12O2.C6H6N2O2/c1-6-7(10)4-9(2,3)5-8(6)11;7-5-2-1-3-6(4-5)8(9)10/h1,4-5H2,2-3H3;1-4H,7H2. The van der Waals surface area contributed by atoms with Crippen molar-refractivity contribution >= 4 is 22.9 Å². The van der Waals surface area contributed by atoms with Crippen LogP contribution < -0.4 is 5.73 Å². The summed E-state index contributed by atoms with van der Waals surface area (Å²) in [7, 11) is 0. The van der Waals surface area contributed by atoms with Crippen molar-refractivity contribution in [3.05, 3.63) is 46.5 Å². The van der Waals surface area contributed by atoms with Gasteiger partial charge in [0, 0.05) is 30.7 Å². The summed E-state index contributed by atoms with van der Waals surface area (Å²) < 4.78 is 0. The largest absolute Gasteiger partial charge is 0.399 e. The van der Waals surface area contributed by atoms with E-state index in [0.29, 0.717) is 18.5 Å². The Morgan fingerprint density at radius 1 is 1.24 bits per heavy atom. The molecule has 0 heterocycles. The van der Waals surface area contributed by atoms with Gasteiger partial charge in [0.25, 0.3) is 5.69 Å². The topological polar surface area (TPSA) is 103 Å². The lowest BCUT2D eigenvalue weighted by Crippen LogP contribution is -2.30. The van der Waals surface area contributed by atoms with Crippen molar-refractivity contribution in [2.45, 2.75) is 26.7 Å². The summed E-state index contributed by atoms with van der Waals surface area (Å²) in [6.45, 7) is 7.29. The van der Waals surface area contributed by atoms with Crippen molar-refractivity contribution in [3.63, 3.8) is 0 Å². The molecular formula is C15H18N2O4. The first-order valence-electron chi connectivity index (χ1n) is 6.37. The summed E-state index contributed by atoms with van der Waals surface area (Å²) in [4.78, 5) is 31.8. The molecule has 1 aliphatic rings. The fraction of sp³-hybridized carbons (Fsp3) is 0.333. The van der Waals surface area contributed by atoms with Crippen LogP contribution in [-0.2, 0) is 9.59 Å². The van der Waals surface area contributed by atoms with E-state index in [1.54, 1.807) is 12.1 Å². The van der Waals surface area contributed by atoms with Crippen LogP contribution in [0.5, 0.6) is 0 Å². The third kappa shape index (κ3) is 4.83. The summed E-state index contributed by atoms with van der Waals surface area (Å²) in [5.74, 6) is -0.183. The fourth-order valence-electron chi connectivity index (χ4n) is 1.94. The number of carbonyl (C=O) groups excluding carboxylic acids is 2. The highest BCUT2D eigenvalue weighted by atomic mass is 16.6. The van der Waals surface area contributed by atoms with E-state index >= 15 is 0 Å². The third-order valence-electron chi connectivity index (χ3n) is 3.03. The number of non-ortho nitro benzene ring substituents is 1. The van der Waals surface area contributed by atoms with Gasteiger partial charge in [0.15, 0.2) is 11.6 Å². The molecule has 0 radical (unpaired) electrons. The molecule has 0 aliphatic heterocycles. The second-order valence-corrected chi connectivity index (χ2v) is 5.69. The molecule has 1 aromatic rings. The molecule has 1 aromatic carbocycles. The highest BCUT2D eigenvalue weighted by molar-refractivity contribution is 6.21. The summed E-state index contributed by atoms with van der Waals surface area (Å²) in [5.41, 5.74) is 5.76. The summed E-state index contributed by atoms with van der Waals surface area (Å²) in [6, 6.07) is 5.87. The molecule has 2 rings (SSSR count). The average molecular weight is 290 g/mol. The Morgan fingerprint density at radius 3 is 2.14 bits per heavy atom. The Labute approximate surface area is 122 Å². The number of benzene rings is 1. The molecule has 1 aliphatic carbocycles. The average Bonchev–Trinajstić information content (AvgIpc) is 2.35. The first-order valence-corrected chi connectivity index (χ1v) is 6.37. The van der Waals surface area contributed by atoms with E-state index in [4.69, 9.17) is 5.73 Å². The molecule has 2 N–H and O–H groups in total. The van der Waals surface area contributed by atoms with Crippen molar-refractivity contribution in [2.75, 3.05) is 5.73 Å². The molecule has 1 fully saturated rings. The van der Waals surface area contributed by atoms with Crippen LogP contribution in [0.4, 0.5) is 11.4 Å². The molecule has 21 heavy (non-hydrogen) atoms. The zero-order chi connectivity index (χ0) is 16.2. The first kappa shape index (κ1) is 16.6. The Kier molecular flexibility index (Phi) is 4.97. The number of nitrogens with two attached hydrogens (primary N) is 1. The van der Waals surface area contributed by atoms with E-state index in [9.17, 15) is 19.7 Å². The zero-order valence-corrected chi connectivity index (χ0v) is 12.1. The van der Waals surface area contributed by atoms with Crippen molar-refractivity contribution < 1.29 is 14.5 Å². The number of anilines is 1. The Morgan fingerprint density at radius 2 is 1.76 bits per heavy atom. The van der Waals surface area contributed by atoms with Crippen LogP contribution in [-0.4, -0.2) is 16.5 Å². The number of Topliss-reactive ketones (excluding diaryl/α,β-unsaturated/α-hetero) is 2. The zero-order valence-electron chi connectivity index (χ0n) is 12.1. The number of carbonyl (C=O) groups is 2. The Hall–Kier alpha value is -2.50. The van der Waals surface area contributed by atoms with E-state index in [0.717, 1.165) is 0 Å². The molecule has 6 heteroatoms. The summed E-state index contributed by atoms with van der Waals surface area (Å²) in [6.07, 6.45) is 0.912. The van der Waals surface area contributed by atoms with Crippen molar-refractivity contribution in [1.82, 2.24) is 0 Å². The molecule has 0 amide bonds. The second-order valence-electron chi connectivity index (χ2n) is 5.69. The van der Waals surface area contributed by atoms with Gasteiger partial charge in [0.2, 0.25) is 0 Å². The quantitative estimate of drug-likeness (QED) is 0.281. The predicted molar refractivity (Wildman–Crippen MR) is 79.7 cm³/mol. The van der Waals surface area contributed by atoms with Gasteiger partial charge in [0.05, 0.1) is 10.5 Å². The van der Waals surface area contributed by atoms with Gasteiger partial charge in [-0.2, -0.15) is 0 Å². The number of nitro groups is 1. The molecular weight excluding hydrogens is 272 g/mol. The van der Waals surface area contributed by atoms with E-state index in [1.807, 2.05) is 13.8 Å². The highest BCUT2D eigenvalue weighted by Gasteiger charge is 2.34. The number of ketones is 2. The summed E-state index contributed by atoms with van der Waals surface area (Å²) >= 11 is 0. The molecule has 0 bridgehead atoms. The van der Waals surface area contributed by atoms with Gasteiger partial charge in [-0.05, 0) is 11.5 Å². The number of allylic oxidation sites excluding steroid dienone is 1. The monoisotopic (exact) mass is 290 g/mol. The lowest BCUT2D eigenvalue weighted by Gasteiger charge is -2.27. The van der Waals surface area contributed by atoms with E-state index < -0.39 is 4.92 Å². The number of nitrogens with zero attached hydrogens (tertiary/aromatic N) is 1. The Balaban J connectivity index is 0.000000211. The number of hydrogen-bond donors (Lipinski definition) is 1. The van der Waals surface area contributed by atoms with Crippen LogP contribution >= 0.6 is 0 Å². The highest BCUT2D eigenvalue weighted by Crippen LogP contribution is 2.32. The Bertz CT molecular complexity index is 583. The number of nitrogen functional groups attached to an aromatic ring is 1. The lowest BCUT2D eigenvalue weighted by molar-refractivity contribution is -0.384. The van der Waals surface area contributed by atoms with Crippen LogP contribution in [0.1, 0.15) is 26.7 Å². The molecule has 0 spiro atoms. The van der Waals surface area contributed by atoms with E-state index in [-0.39, 0.29) is 28.2 Å². The molecule has 0 aromatic heterocycles. The van der Waals surface area contributed by atoms with Crippen molar-refractivity contribution in [2.24, 2.45) is 5.41 Å². The smallest absolute Gasteiger partial charge is 0.271 e. The van der Waals surface area contributed by atoms with Gasteiger partial charge in [-0.3, -0.25) is 19.7 Å². The first-order chi connectivity index (χ1) is 9.62. The van der Waals surface area contributed by atoms with E-state index in [1.165, 1.54) is 12.1 Å². The van der Waals surface area contributed by atoms with Crippen molar-refractivity contribution in [1.29, 1.82) is 0 Å².